The van der Waals surface area contributed by atoms with Crippen molar-refractivity contribution in [3.05, 3.63) is 64.6 Å². The first-order valence-corrected chi connectivity index (χ1v) is 8.82. The number of aryl methyl sites for hydroxylation is 2. The van der Waals surface area contributed by atoms with Crippen molar-refractivity contribution in [3.8, 4) is 0 Å². The molecule has 0 spiro atoms. The highest BCUT2D eigenvalue weighted by molar-refractivity contribution is 6.31. The third kappa shape index (κ3) is 2.84. The number of fused-ring (bicyclic) bond motifs is 2. The Kier molecular flexibility index (Phi) is 3.96. The number of H-pyrrole nitrogens is 1. The van der Waals surface area contributed by atoms with Gasteiger partial charge in [0.2, 0.25) is 0 Å². The van der Waals surface area contributed by atoms with Crippen molar-refractivity contribution in [1.29, 1.82) is 0 Å². The van der Waals surface area contributed by atoms with Crippen molar-refractivity contribution in [2.24, 2.45) is 7.05 Å². The molecule has 2 heterocycles. The molecular formula is C20H19ClN4O. The third-order valence-corrected chi connectivity index (χ3v) is 4.95. The highest BCUT2D eigenvalue weighted by Crippen LogP contribution is 2.24. The molecule has 1 unspecified atom stereocenters. The molecule has 1 atom stereocenters. The van der Waals surface area contributed by atoms with Crippen LogP contribution < -0.4 is 5.32 Å². The Balaban J connectivity index is 1.61. The van der Waals surface area contributed by atoms with Crippen molar-refractivity contribution < 1.29 is 4.79 Å². The average Bonchev–Trinajstić information content (AvgIpc) is 3.13. The molecule has 0 aliphatic heterocycles. The molecule has 4 aromatic rings. The van der Waals surface area contributed by atoms with Crippen LogP contribution in [0.1, 0.15) is 34.8 Å². The zero-order valence-corrected chi connectivity index (χ0v) is 15.6. The van der Waals surface area contributed by atoms with E-state index in [-0.39, 0.29) is 11.9 Å². The molecule has 2 aromatic heterocycles. The lowest BCUT2D eigenvalue weighted by Gasteiger charge is -2.15. The van der Waals surface area contributed by atoms with E-state index < -0.39 is 0 Å². The van der Waals surface area contributed by atoms with Gasteiger partial charge in [-0.25, -0.2) is 4.98 Å². The van der Waals surface area contributed by atoms with E-state index in [4.69, 9.17) is 11.6 Å². The molecule has 0 aliphatic rings. The van der Waals surface area contributed by atoms with Crippen molar-refractivity contribution in [3.63, 3.8) is 0 Å². The summed E-state index contributed by atoms with van der Waals surface area (Å²) in [6.45, 7) is 3.90. The summed E-state index contributed by atoms with van der Waals surface area (Å²) in [6.07, 6.45) is 0. The van der Waals surface area contributed by atoms with E-state index in [1.165, 1.54) is 0 Å². The lowest BCUT2D eigenvalue weighted by Crippen LogP contribution is -2.28. The van der Waals surface area contributed by atoms with Crippen molar-refractivity contribution in [1.82, 2.24) is 19.9 Å². The van der Waals surface area contributed by atoms with Gasteiger partial charge in [0.1, 0.15) is 11.5 Å². The van der Waals surface area contributed by atoms with Gasteiger partial charge in [0.25, 0.3) is 5.91 Å². The summed E-state index contributed by atoms with van der Waals surface area (Å²) in [4.78, 5) is 20.4. The second-order valence-corrected chi connectivity index (χ2v) is 7.02. The van der Waals surface area contributed by atoms with Crippen molar-refractivity contribution in [2.45, 2.75) is 19.9 Å². The maximum Gasteiger partial charge on any atom is 0.268 e. The number of nitrogens with zero attached hydrogens (tertiary/aromatic N) is 2. The fourth-order valence-electron chi connectivity index (χ4n) is 3.30. The van der Waals surface area contributed by atoms with Crippen LogP contribution in [0.5, 0.6) is 0 Å². The smallest absolute Gasteiger partial charge is 0.268 e. The Morgan fingerprint density at radius 3 is 2.85 bits per heavy atom. The Morgan fingerprint density at radius 1 is 1.23 bits per heavy atom. The maximum atomic E-state index is 12.8. The normalized spacial score (nSPS) is 12.6. The second kappa shape index (κ2) is 6.18. The highest BCUT2D eigenvalue weighted by atomic mass is 35.5. The summed E-state index contributed by atoms with van der Waals surface area (Å²) >= 11 is 6.07. The van der Waals surface area contributed by atoms with Gasteiger partial charge >= 0.3 is 0 Å². The van der Waals surface area contributed by atoms with E-state index in [2.05, 4.69) is 15.3 Å². The van der Waals surface area contributed by atoms with Gasteiger partial charge in [0.05, 0.1) is 17.1 Å². The molecule has 0 bridgehead atoms. The molecule has 0 radical (unpaired) electrons. The first-order valence-electron chi connectivity index (χ1n) is 8.44. The van der Waals surface area contributed by atoms with Gasteiger partial charge in [-0.15, -0.1) is 0 Å². The quantitative estimate of drug-likeness (QED) is 0.560. The fraction of sp³-hybridized carbons (Fsp3) is 0.200. The van der Waals surface area contributed by atoms with Gasteiger partial charge in [-0.1, -0.05) is 23.7 Å². The molecule has 26 heavy (non-hydrogen) atoms. The fourth-order valence-corrected chi connectivity index (χ4v) is 3.47. The number of imidazole rings is 1. The standard InChI is InChI=1S/C20H19ClN4O/c1-11(13-5-7-16-17(8-13)24-12(2)23-16)22-20(26)19-9-14-4-6-15(21)10-18(14)25(19)3/h4-11H,1-3H3,(H,22,26)(H,23,24). The van der Waals surface area contributed by atoms with Gasteiger partial charge in [-0.2, -0.15) is 0 Å². The summed E-state index contributed by atoms with van der Waals surface area (Å²) in [5, 5.41) is 4.72. The van der Waals surface area contributed by atoms with Crippen LogP contribution in [0.25, 0.3) is 21.9 Å². The number of hydrogen-bond acceptors (Lipinski definition) is 2. The monoisotopic (exact) mass is 366 g/mol. The molecule has 2 aromatic carbocycles. The summed E-state index contributed by atoms with van der Waals surface area (Å²) in [7, 11) is 1.87. The van der Waals surface area contributed by atoms with Gasteiger partial charge in [-0.3, -0.25) is 4.79 Å². The lowest BCUT2D eigenvalue weighted by atomic mass is 10.1. The largest absolute Gasteiger partial charge is 0.344 e. The van der Waals surface area contributed by atoms with E-state index in [1.54, 1.807) is 0 Å². The van der Waals surface area contributed by atoms with Crippen LogP contribution in [0.3, 0.4) is 0 Å². The van der Waals surface area contributed by atoms with Gasteiger partial charge in [0, 0.05) is 23.0 Å². The van der Waals surface area contributed by atoms with Crippen LogP contribution in [0.2, 0.25) is 5.02 Å². The molecule has 0 saturated heterocycles. The molecule has 6 heteroatoms. The van der Waals surface area contributed by atoms with Crippen LogP contribution in [0.4, 0.5) is 0 Å². The maximum absolute atomic E-state index is 12.8. The van der Waals surface area contributed by atoms with E-state index >= 15 is 0 Å². The predicted octanol–water partition coefficient (Wildman–Crippen LogP) is 4.51. The van der Waals surface area contributed by atoms with Crippen LogP contribution in [0, 0.1) is 6.92 Å². The Morgan fingerprint density at radius 2 is 2.04 bits per heavy atom. The van der Waals surface area contributed by atoms with E-state index in [9.17, 15) is 4.79 Å². The summed E-state index contributed by atoms with van der Waals surface area (Å²) < 4.78 is 1.87. The van der Waals surface area contributed by atoms with Crippen molar-refractivity contribution >= 4 is 39.4 Å². The van der Waals surface area contributed by atoms with Crippen LogP contribution in [0.15, 0.2) is 42.5 Å². The summed E-state index contributed by atoms with van der Waals surface area (Å²) in [5.41, 5.74) is 4.46. The molecule has 4 rings (SSSR count). The zero-order chi connectivity index (χ0) is 18.4. The van der Waals surface area contributed by atoms with Gasteiger partial charge < -0.3 is 14.9 Å². The van der Waals surface area contributed by atoms with Gasteiger partial charge in [0.15, 0.2) is 0 Å². The molecule has 0 saturated carbocycles. The van der Waals surface area contributed by atoms with E-state index in [1.807, 2.05) is 67.9 Å². The van der Waals surface area contributed by atoms with E-state index in [0.717, 1.165) is 33.3 Å². The molecule has 1 amide bonds. The lowest BCUT2D eigenvalue weighted by molar-refractivity contribution is 0.0932. The number of aromatic amines is 1. The summed E-state index contributed by atoms with van der Waals surface area (Å²) in [6, 6.07) is 13.4. The minimum Gasteiger partial charge on any atom is -0.344 e. The molecule has 0 aliphatic carbocycles. The second-order valence-electron chi connectivity index (χ2n) is 6.59. The van der Waals surface area contributed by atoms with Crippen LogP contribution >= 0.6 is 11.6 Å². The minimum atomic E-state index is -0.128. The summed E-state index contributed by atoms with van der Waals surface area (Å²) in [5.74, 6) is 0.760. The Labute approximate surface area is 156 Å². The topological polar surface area (TPSA) is 62.7 Å². The number of carbonyl (C=O) groups excluding carboxylic acids is 1. The molecule has 132 valence electrons. The number of hydrogen-bond donors (Lipinski definition) is 2. The first-order chi connectivity index (χ1) is 12.4. The predicted molar refractivity (Wildman–Crippen MR) is 105 cm³/mol. The number of aromatic nitrogens is 3. The van der Waals surface area contributed by atoms with Gasteiger partial charge in [-0.05, 0) is 49.7 Å². The zero-order valence-electron chi connectivity index (χ0n) is 14.8. The minimum absolute atomic E-state index is 0.117. The van der Waals surface area contributed by atoms with E-state index in [0.29, 0.717) is 10.7 Å². The number of carbonyl (C=O) groups is 1. The third-order valence-electron chi connectivity index (χ3n) is 4.71. The number of halogens is 1. The number of amides is 1. The molecular weight excluding hydrogens is 348 g/mol. The van der Waals surface area contributed by atoms with Crippen LogP contribution in [-0.2, 0) is 7.05 Å². The highest BCUT2D eigenvalue weighted by Gasteiger charge is 2.17. The number of nitrogens with one attached hydrogen (secondary N) is 2. The Bertz CT molecular complexity index is 1140. The Hall–Kier alpha value is -2.79. The molecule has 5 nitrogen and oxygen atoms in total. The molecule has 0 fully saturated rings. The van der Waals surface area contributed by atoms with Crippen LogP contribution in [-0.4, -0.2) is 20.4 Å². The number of benzene rings is 2. The average molecular weight is 367 g/mol. The first kappa shape index (κ1) is 16.7. The van der Waals surface area contributed by atoms with Crippen molar-refractivity contribution in [2.75, 3.05) is 0 Å². The number of rotatable bonds is 3. The molecule has 2 N–H and O–H groups in total. The SMILES string of the molecule is Cc1nc2ccc(C(C)NC(=O)c3cc4ccc(Cl)cc4n3C)cc2[nH]1.